The summed E-state index contributed by atoms with van der Waals surface area (Å²) in [7, 11) is 1.93. The molecule has 0 atom stereocenters. The molecule has 0 unspecified atom stereocenters. The van der Waals surface area contributed by atoms with Crippen molar-refractivity contribution in [2.75, 3.05) is 11.9 Å². The summed E-state index contributed by atoms with van der Waals surface area (Å²) in [6, 6.07) is 14.8. The molecule has 0 saturated carbocycles. The molecular formula is C18H17FIrN5. The summed E-state index contributed by atoms with van der Waals surface area (Å²) < 4.78 is 12.6. The van der Waals surface area contributed by atoms with Gasteiger partial charge in [0.15, 0.2) is 0 Å². The van der Waals surface area contributed by atoms with Gasteiger partial charge in [-0.1, -0.05) is 12.1 Å². The minimum atomic E-state index is -0.264. The Hall–Kier alpha value is -2.50. The first-order valence-electron chi connectivity index (χ1n) is 7.20. The van der Waals surface area contributed by atoms with Gasteiger partial charge in [0.1, 0.15) is 0 Å². The van der Waals surface area contributed by atoms with Gasteiger partial charge in [0.05, 0.1) is 0 Å². The van der Waals surface area contributed by atoms with Gasteiger partial charge in [-0.25, -0.2) is 0 Å². The molecule has 1 aromatic carbocycles. The summed E-state index contributed by atoms with van der Waals surface area (Å²) in [5.74, 6) is -0.264. The average molecular weight is 515 g/mol. The molecule has 1 aliphatic rings. The minimum Gasteiger partial charge on any atom is -0.582 e. The molecule has 0 radical (unpaired) electrons. The van der Waals surface area contributed by atoms with Crippen LogP contribution in [0.25, 0.3) is 0 Å². The maximum absolute atomic E-state index is 12.6. The number of benzene rings is 1. The van der Waals surface area contributed by atoms with Gasteiger partial charge in [-0.15, -0.1) is 23.9 Å². The Bertz CT molecular complexity index is 645. The fourth-order valence-corrected chi connectivity index (χ4v) is 1.66. The first-order valence-corrected chi connectivity index (χ1v) is 7.20. The van der Waals surface area contributed by atoms with Crippen LogP contribution in [0.15, 0.2) is 79.7 Å². The molecule has 7 heteroatoms. The SMILES string of the molecule is CN1C=CN(c2[c-]cc(F)cc2)[CH-]1.[Ir+3].c1ccncc1.c1cn[n-]c1. The van der Waals surface area contributed by atoms with Crippen LogP contribution in [0.2, 0.25) is 0 Å². The number of hydrogen-bond donors (Lipinski definition) is 0. The van der Waals surface area contributed by atoms with Crippen molar-refractivity contribution in [1.82, 2.24) is 20.1 Å². The van der Waals surface area contributed by atoms with Crippen molar-refractivity contribution in [3.8, 4) is 0 Å². The maximum Gasteiger partial charge on any atom is 3.00 e. The number of aromatic nitrogens is 3. The van der Waals surface area contributed by atoms with E-state index in [2.05, 4.69) is 21.2 Å². The van der Waals surface area contributed by atoms with Crippen LogP contribution >= 0.6 is 0 Å². The van der Waals surface area contributed by atoms with Crippen LogP contribution in [0.3, 0.4) is 0 Å². The molecule has 3 heterocycles. The van der Waals surface area contributed by atoms with Crippen molar-refractivity contribution in [2.45, 2.75) is 0 Å². The Morgan fingerprint density at radius 3 is 2.24 bits per heavy atom. The summed E-state index contributed by atoms with van der Waals surface area (Å²) >= 11 is 0. The van der Waals surface area contributed by atoms with Gasteiger partial charge < -0.3 is 20.0 Å². The second-order valence-electron chi connectivity index (χ2n) is 4.62. The second-order valence-corrected chi connectivity index (χ2v) is 4.62. The van der Waals surface area contributed by atoms with E-state index < -0.39 is 0 Å². The van der Waals surface area contributed by atoms with Gasteiger partial charge in [0.25, 0.3) is 0 Å². The zero-order valence-corrected chi connectivity index (χ0v) is 15.9. The molecule has 1 aliphatic heterocycles. The molecule has 0 fully saturated rings. The average Bonchev–Trinajstić information content (AvgIpc) is 3.33. The first kappa shape index (κ1) is 20.5. The van der Waals surface area contributed by atoms with E-state index >= 15 is 0 Å². The fraction of sp³-hybridized carbons (Fsp3) is 0.0556. The summed E-state index contributed by atoms with van der Waals surface area (Å²) in [6.45, 7) is 1.89. The molecule has 3 aromatic rings. The van der Waals surface area contributed by atoms with E-state index in [0.717, 1.165) is 5.69 Å². The third-order valence-electron chi connectivity index (χ3n) is 2.74. The molecule has 0 aliphatic carbocycles. The smallest absolute Gasteiger partial charge is 0.582 e. The molecule has 25 heavy (non-hydrogen) atoms. The van der Waals surface area contributed by atoms with E-state index in [1.54, 1.807) is 36.9 Å². The van der Waals surface area contributed by atoms with E-state index in [4.69, 9.17) is 0 Å². The number of rotatable bonds is 1. The summed E-state index contributed by atoms with van der Waals surface area (Å²) in [5, 5.41) is 6.94. The normalized spacial score (nSPS) is 11.6. The van der Waals surface area contributed by atoms with Crippen molar-refractivity contribution in [3.63, 3.8) is 0 Å². The molecule has 0 spiro atoms. The Morgan fingerprint density at radius 2 is 1.88 bits per heavy atom. The minimum absolute atomic E-state index is 0. The molecule has 0 N–H and O–H groups in total. The molecule has 5 nitrogen and oxygen atoms in total. The van der Waals surface area contributed by atoms with Gasteiger partial charge >= 0.3 is 20.1 Å². The van der Waals surface area contributed by atoms with Crippen LogP contribution in [-0.4, -0.2) is 22.0 Å². The van der Waals surface area contributed by atoms with E-state index in [9.17, 15) is 4.39 Å². The van der Waals surface area contributed by atoms with Crippen molar-refractivity contribution >= 4 is 5.69 Å². The van der Waals surface area contributed by atoms with Crippen molar-refractivity contribution in [3.05, 3.63) is 98.2 Å². The predicted octanol–water partition coefficient (Wildman–Crippen LogP) is 3.09. The number of hydrogen-bond acceptors (Lipinski definition) is 4. The number of anilines is 1. The zero-order valence-electron chi connectivity index (χ0n) is 13.5. The van der Waals surface area contributed by atoms with Gasteiger partial charge in [-0.05, 0) is 31.6 Å². The number of nitrogens with zero attached hydrogens (tertiary/aromatic N) is 5. The van der Waals surface area contributed by atoms with Gasteiger partial charge in [-0.3, -0.25) is 9.37 Å². The summed E-state index contributed by atoms with van der Waals surface area (Å²) in [4.78, 5) is 7.57. The molecule has 0 bridgehead atoms. The molecule has 2 aromatic heterocycles. The van der Waals surface area contributed by atoms with Crippen molar-refractivity contribution < 1.29 is 24.5 Å². The Balaban J connectivity index is 0.000000217. The summed E-state index contributed by atoms with van der Waals surface area (Å²) in [6.07, 6.45) is 10.6. The second kappa shape index (κ2) is 11.9. The Kier molecular flexibility index (Phi) is 9.82. The molecule has 0 saturated heterocycles. The van der Waals surface area contributed by atoms with E-state index in [0.29, 0.717) is 0 Å². The van der Waals surface area contributed by atoms with Crippen LogP contribution in [0.4, 0.5) is 10.1 Å². The molecule has 0 amide bonds. The van der Waals surface area contributed by atoms with E-state index in [1.165, 1.54) is 12.1 Å². The summed E-state index contributed by atoms with van der Waals surface area (Å²) in [5.41, 5.74) is 0.835. The van der Waals surface area contributed by atoms with Gasteiger partial charge in [-0.2, -0.15) is 18.9 Å². The topological polar surface area (TPSA) is 46.4 Å². The standard InChI is InChI=1S/C10H9FN2.C5H5N.C3H3N2.Ir/c1-12-6-7-13(8-12)10-4-2-9(11)3-5-10;1-2-4-6-5-3-1;1-2-4-5-3-1;/h2-4,6-8H,1H3;1-5H;1-3H;/q-2;;-1;+3. The molecular weight excluding hydrogens is 497 g/mol. The maximum atomic E-state index is 12.6. The number of pyridine rings is 1. The Morgan fingerprint density at radius 1 is 1.08 bits per heavy atom. The van der Waals surface area contributed by atoms with Crippen LogP contribution < -0.4 is 10.00 Å². The van der Waals surface area contributed by atoms with Crippen molar-refractivity contribution in [2.24, 2.45) is 0 Å². The Labute approximate surface area is 160 Å². The fourth-order valence-electron chi connectivity index (χ4n) is 1.66. The third-order valence-corrected chi connectivity index (χ3v) is 2.74. The van der Waals surface area contributed by atoms with Gasteiger partial charge in [0.2, 0.25) is 0 Å². The third kappa shape index (κ3) is 8.24. The van der Waals surface area contributed by atoms with Crippen LogP contribution in [0.5, 0.6) is 0 Å². The van der Waals surface area contributed by atoms with Crippen molar-refractivity contribution in [1.29, 1.82) is 0 Å². The van der Waals surface area contributed by atoms with E-state index in [-0.39, 0.29) is 25.9 Å². The number of halogens is 1. The van der Waals surface area contributed by atoms with Crippen LogP contribution in [-0.2, 0) is 20.1 Å². The molecule has 130 valence electrons. The van der Waals surface area contributed by atoms with Crippen LogP contribution in [0, 0.1) is 18.6 Å². The molecule has 4 rings (SSSR count). The van der Waals surface area contributed by atoms with Crippen LogP contribution in [0.1, 0.15) is 0 Å². The van der Waals surface area contributed by atoms with Gasteiger partial charge in [0, 0.05) is 24.4 Å². The quantitative estimate of drug-likeness (QED) is 0.467. The monoisotopic (exact) mass is 515 g/mol. The van der Waals surface area contributed by atoms with E-state index in [1.807, 2.05) is 54.1 Å². The first-order chi connectivity index (χ1) is 11.8. The zero-order chi connectivity index (χ0) is 17.0. The predicted molar refractivity (Wildman–Crippen MR) is 90.7 cm³/mol. The largest absolute Gasteiger partial charge is 3.00 e.